The molecule has 1 atom stereocenters. The summed E-state index contributed by atoms with van der Waals surface area (Å²) in [4.78, 5) is 38.6. The van der Waals surface area contributed by atoms with E-state index < -0.39 is 16.9 Å². The zero-order valence-corrected chi connectivity index (χ0v) is 17.0. The number of aliphatic carboxylic acids is 1. The summed E-state index contributed by atoms with van der Waals surface area (Å²) < 4.78 is 5.56. The van der Waals surface area contributed by atoms with Crippen molar-refractivity contribution in [1.82, 2.24) is 10.2 Å². The van der Waals surface area contributed by atoms with Crippen LogP contribution in [0, 0.1) is 11.3 Å². The van der Waals surface area contributed by atoms with Gasteiger partial charge in [-0.1, -0.05) is 39.0 Å². The predicted molar refractivity (Wildman–Crippen MR) is 105 cm³/mol. The van der Waals surface area contributed by atoms with E-state index in [1.54, 1.807) is 29.2 Å². The van der Waals surface area contributed by atoms with Crippen molar-refractivity contribution in [1.29, 1.82) is 0 Å². The Morgan fingerprint density at radius 1 is 1.11 bits per heavy atom. The van der Waals surface area contributed by atoms with Gasteiger partial charge < -0.3 is 20.1 Å². The minimum Gasteiger partial charge on any atom is -0.491 e. The summed E-state index contributed by atoms with van der Waals surface area (Å²) in [6.07, 6.45) is 1.03. The van der Waals surface area contributed by atoms with Gasteiger partial charge in [-0.25, -0.2) is 4.79 Å². The van der Waals surface area contributed by atoms with Crippen LogP contribution >= 0.6 is 0 Å². The quantitative estimate of drug-likeness (QED) is 0.777. The second kappa shape index (κ2) is 8.63. The van der Waals surface area contributed by atoms with Crippen molar-refractivity contribution in [2.75, 3.05) is 19.7 Å². The molecule has 28 heavy (non-hydrogen) atoms. The standard InChI is InChI=1S/C21H30N2O5/c1-20(2,3)18(25)23-12-10-15(11-13-23)17(24)22-21(4,19(26)27)14-28-16-8-6-5-7-9-16/h5-9,15H,10-14H2,1-4H3,(H,22,24)(H,26,27)/t21-/m1/s1. The molecule has 0 bridgehead atoms. The predicted octanol–water partition coefficient (Wildman–Crippen LogP) is 2.31. The van der Waals surface area contributed by atoms with Gasteiger partial charge in [-0.2, -0.15) is 0 Å². The van der Waals surface area contributed by atoms with Gasteiger partial charge in [0.25, 0.3) is 0 Å². The molecule has 0 aromatic heterocycles. The van der Waals surface area contributed by atoms with Gasteiger partial charge in [-0.3, -0.25) is 9.59 Å². The SMILES string of the molecule is CC(C)(C)C(=O)N1CCC(C(=O)N[C@](C)(COc2ccccc2)C(=O)O)CC1. The zero-order chi connectivity index (χ0) is 20.9. The normalized spacial score (nSPS) is 17.5. The molecule has 7 heteroatoms. The Kier molecular flexibility index (Phi) is 6.69. The first-order valence-electron chi connectivity index (χ1n) is 9.55. The first-order chi connectivity index (χ1) is 13.0. The number of carboxylic acids is 1. The van der Waals surface area contributed by atoms with Crippen LogP contribution in [0.5, 0.6) is 5.75 Å². The van der Waals surface area contributed by atoms with E-state index in [9.17, 15) is 19.5 Å². The number of carboxylic acid groups (broad SMARTS) is 1. The molecule has 0 saturated carbocycles. The number of ether oxygens (including phenoxy) is 1. The molecular weight excluding hydrogens is 360 g/mol. The number of hydrogen-bond acceptors (Lipinski definition) is 4. The number of carbonyl (C=O) groups is 3. The van der Waals surface area contributed by atoms with E-state index in [1.807, 2.05) is 26.8 Å². The number of nitrogens with zero attached hydrogens (tertiary/aromatic N) is 1. The van der Waals surface area contributed by atoms with Crippen molar-refractivity contribution >= 4 is 17.8 Å². The molecule has 1 heterocycles. The molecular formula is C21H30N2O5. The van der Waals surface area contributed by atoms with Gasteiger partial charge in [0.15, 0.2) is 5.54 Å². The second-order valence-electron chi connectivity index (χ2n) is 8.54. The van der Waals surface area contributed by atoms with Gasteiger partial charge in [-0.15, -0.1) is 0 Å². The maximum Gasteiger partial charge on any atom is 0.332 e. The number of piperidine rings is 1. The van der Waals surface area contributed by atoms with Gasteiger partial charge >= 0.3 is 5.97 Å². The number of benzene rings is 1. The molecule has 0 aliphatic carbocycles. The Morgan fingerprint density at radius 3 is 2.18 bits per heavy atom. The molecule has 2 rings (SSSR count). The minimum absolute atomic E-state index is 0.0676. The van der Waals surface area contributed by atoms with Crippen LogP contribution in [0.15, 0.2) is 30.3 Å². The Labute approximate surface area is 166 Å². The third-order valence-electron chi connectivity index (χ3n) is 4.94. The Balaban J connectivity index is 1.94. The van der Waals surface area contributed by atoms with Crippen LogP contribution in [0.1, 0.15) is 40.5 Å². The van der Waals surface area contributed by atoms with E-state index in [-0.39, 0.29) is 24.3 Å². The Bertz CT molecular complexity index is 705. The van der Waals surface area contributed by atoms with Gasteiger partial charge in [0.2, 0.25) is 11.8 Å². The van der Waals surface area contributed by atoms with Crippen LogP contribution in [-0.2, 0) is 14.4 Å². The average molecular weight is 390 g/mol. The number of nitrogens with one attached hydrogen (secondary N) is 1. The summed E-state index contributed by atoms with van der Waals surface area (Å²) in [6, 6.07) is 8.87. The van der Waals surface area contributed by atoms with E-state index in [4.69, 9.17) is 4.74 Å². The van der Waals surface area contributed by atoms with Crippen molar-refractivity contribution in [2.45, 2.75) is 46.1 Å². The summed E-state index contributed by atoms with van der Waals surface area (Å²) in [5, 5.41) is 12.3. The number of likely N-dealkylation sites (tertiary alicyclic amines) is 1. The van der Waals surface area contributed by atoms with Crippen molar-refractivity contribution in [3.8, 4) is 5.75 Å². The summed E-state index contributed by atoms with van der Waals surface area (Å²) in [5.74, 6) is -1.18. The highest BCUT2D eigenvalue weighted by molar-refractivity contribution is 5.88. The van der Waals surface area contributed by atoms with Gasteiger partial charge in [-0.05, 0) is 31.9 Å². The molecule has 154 valence electrons. The van der Waals surface area contributed by atoms with Gasteiger partial charge in [0.1, 0.15) is 12.4 Å². The molecule has 1 fully saturated rings. The highest BCUT2D eigenvalue weighted by atomic mass is 16.5. The molecule has 1 aliphatic rings. The lowest BCUT2D eigenvalue weighted by molar-refractivity contribution is -0.149. The summed E-state index contributed by atoms with van der Waals surface area (Å²) in [5.41, 5.74) is -1.99. The molecule has 1 aromatic carbocycles. The first kappa shape index (κ1) is 21.7. The topological polar surface area (TPSA) is 95.9 Å². The fraction of sp³-hybridized carbons (Fsp3) is 0.571. The van der Waals surface area contributed by atoms with Crippen LogP contribution in [0.2, 0.25) is 0 Å². The first-order valence-corrected chi connectivity index (χ1v) is 9.55. The lowest BCUT2D eigenvalue weighted by atomic mass is 9.90. The number of hydrogen-bond donors (Lipinski definition) is 2. The van der Waals surface area contributed by atoms with E-state index in [0.717, 1.165) is 0 Å². The van der Waals surface area contributed by atoms with Gasteiger partial charge in [0.05, 0.1) is 0 Å². The van der Waals surface area contributed by atoms with E-state index >= 15 is 0 Å². The third kappa shape index (κ3) is 5.47. The molecule has 2 amide bonds. The highest BCUT2D eigenvalue weighted by Crippen LogP contribution is 2.24. The monoisotopic (exact) mass is 390 g/mol. The molecule has 1 saturated heterocycles. The number of carbonyl (C=O) groups excluding carboxylic acids is 2. The largest absolute Gasteiger partial charge is 0.491 e. The number of para-hydroxylation sites is 1. The Morgan fingerprint density at radius 2 is 1.68 bits per heavy atom. The number of amides is 2. The zero-order valence-electron chi connectivity index (χ0n) is 17.0. The van der Waals surface area contributed by atoms with Crippen LogP contribution in [0.3, 0.4) is 0 Å². The third-order valence-corrected chi connectivity index (χ3v) is 4.94. The maximum absolute atomic E-state index is 12.7. The molecule has 1 aliphatic heterocycles. The Hall–Kier alpha value is -2.57. The van der Waals surface area contributed by atoms with Crippen molar-refractivity contribution in [3.05, 3.63) is 30.3 Å². The summed E-state index contributed by atoms with van der Waals surface area (Å²) in [7, 11) is 0. The molecule has 0 spiro atoms. The van der Waals surface area contributed by atoms with Crippen LogP contribution in [-0.4, -0.2) is 53.0 Å². The molecule has 0 radical (unpaired) electrons. The van der Waals surface area contributed by atoms with E-state index in [2.05, 4.69) is 5.32 Å². The second-order valence-corrected chi connectivity index (χ2v) is 8.54. The lowest BCUT2D eigenvalue weighted by Gasteiger charge is -2.36. The van der Waals surface area contributed by atoms with Crippen molar-refractivity contribution < 1.29 is 24.2 Å². The fourth-order valence-electron chi connectivity index (χ4n) is 3.09. The molecule has 0 unspecified atom stereocenters. The van der Waals surface area contributed by atoms with E-state index in [0.29, 0.717) is 31.7 Å². The van der Waals surface area contributed by atoms with Crippen LogP contribution < -0.4 is 10.1 Å². The van der Waals surface area contributed by atoms with Crippen LogP contribution in [0.4, 0.5) is 0 Å². The van der Waals surface area contributed by atoms with Crippen LogP contribution in [0.25, 0.3) is 0 Å². The lowest BCUT2D eigenvalue weighted by Crippen LogP contribution is -2.58. The van der Waals surface area contributed by atoms with E-state index in [1.165, 1.54) is 6.92 Å². The van der Waals surface area contributed by atoms with Gasteiger partial charge in [0, 0.05) is 24.4 Å². The maximum atomic E-state index is 12.7. The highest BCUT2D eigenvalue weighted by Gasteiger charge is 2.39. The summed E-state index contributed by atoms with van der Waals surface area (Å²) >= 11 is 0. The fourth-order valence-corrected chi connectivity index (χ4v) is 3.09. The number of rotatable bonds is 6. The molecule has 7 nitrogen and oxygen atoms in total. The van der Waals surface area contributed by atoms with Crippen molar-refractivity contribution in [2.24, 2.45) is 11.3 Å². The smallest absolute Gasteiger partial charge is 0.332 e. The molecule has 2 N–H and O–H groups in total. The minimum atomic E-state index is -1.54. The molecule has 1 aromatic rings. The van der Waals surface area contributed by atoms with Crippen molar-refractivity contribution in [3.63, 3.8) is 0 Å². The summed E-state index contributed by atoms with van der Waals surface area (Å²) in [6.45, 7) is 7.88. The average Bonchev–Trinajstić information content (AvgIpc) is 2.66.